The zero-order valence-electron chi connectivity index (χ0n) is 8.51. The van der Waals surface area contributed by atoms with Crippen LogP contribution in [0, 0.1) is 0 Å². The molecule has 0 aromatic carbocycles. The second kappa shape index (κ2) is 3.96. The molecule has 0 unspecified atom stereocenters. The third-order valence-corrected chi connectivity index (χ3v) is 1.98. The minimum atomic E-state index is -0.331. The lowest BCUT2D eigenvalue weighted by molar-refractivity contribution is 0.0941. The molecule has 1 amide bonds. The van der Waals surface area contributed by atoms with Crippen LogP contribution in [-0.4, -0.2) is 36.3 Å². The summed E-state index contributed by atoms with van der Waals surface area (Å²) in [4.78, 5) is 11.7. The van der Waals surface area contributed by atoms with E-state index >= 15 is 0 Å². The molecule has 2 aromatic heterocycles. The molecule has 16 heavy (non-hydrogen) atoms. The van der Waals surface area contributed by atoms with Crippen molar-refractivity contribution in [3.05, 3.63) is 17.7 Å². The van der Waals surface area contributed by atoms with Gasteiger partial charge in [-0.3, -0.25) is 9.48 Å². The Hall–Kier alpha value is -2.45. The highest BCUT2D eigenvalue weighted by Gasteiger charge is 2.14. The number of amides is 1. The Morgan fingerprint density at radius 1 is 1.69 bits per heavy atom. The number of nitrogens with zero attached hydrogens (tertiary/aromatic N) is 5. The maximum absolute atomic E-state index is 11.7. The van der Waals surface area contributed by atoms with Crippen LogP contribution in [0.5, 0.6) is 0 Å². The van der Waals surface area contributed by atoms with Gasteiger partial charge in [-0.05, 0) is 0 Å². The zero-order valence-corrected chi connectivity index (χ0v) is 8.51. The predicted molar refractivity (Wildman–Crippen MR) is 53.0 cm³/mol. The van der Waals surface area contributed by atoms with E-state index in [0.29, 0.717) is 17.2 Å². The molecule has 0 saturated carbocycles. The SMILES string of the molecule is Cn1ncc(N)c1C(=O)NCc1nn[nH]n1. The average Bonchev–Trinajstić information content (AvgIpc) is 2.86. The summed E-state index contributed by atoms with van der Waals surface area (Å²) in [5.74, 6) is 0.0661. The van der Waals surface area contributed by atoms with Gasteiger partial charge in [-0.25, -0.2) is 0 Å². The molecular weight excluding hydrogens is 212 g/mol. The second-order valence-corrected chi connectivity index (χ2v) is 3.08. The lowest BCUT2D eigenvalue weighted by atomic mass is 10.3. The summed E-state index contributed by atoms with van der Waals surface area (Å²) < 4.78 is 1.40. The maximum atomic E-state index is 11.7. The van der Waals surface area contributed by atoms with Crippen molar-refractivity contribution in [3.8, 4) is 0 Å². The molecule has 9 heteroatoms. The van der Waals surface area contributed by atoms with E-state index in [4.69, 9.17) is 5.73 Å². The first-order valence-corrected chi connectivity index (χ1v) is 4.46. The van der Waals surface area contributed by atoms with E-state index in [9.17, 15) is 4.79 Å². The molecule has 84 valence electrons. The second-order valence-electron chi connectivity index (χ2n) is 3.08. The first-order valence-electron chi connectivity index (χ1n) is 4.46. The number of carbonyl (C=O) groups is 1. The van der Waals surface area contributed by atoms with Gasteiger partial charge < -0.3 is 11.1 Å². The third-order valence-electron chi connectivity index (χ3n) is 1.98. The number of nitrogen functional groups attached to an aromatic ring is 1. The van der Waals surface area contributed by atoms with Crippen LogP contribution in [0.4, 0.5) is 5.69 Å². The van der Waals surface area contributed by atoms with E-state index in [2.05, 4.69) is 31.0 Å². The molecule has 0 atom stereocenters. The van der Waals surface area contributed by atoms with Crippen molar-refractivity contribution in [2.75, 3.05) is 5.73 Å². The molecule has 0 aliphatic rings. The lowest BCUT2D eigenvalue weighted by Gasteiger charge is -2.03. The average molecular weight is 222 g/mol. The Kier molecular flexibility index (Phi) is 2.50. The summed E-state index contributed by atoms with van der Waals surface area (Å²) in [6.07, 6.45) is 1.42. The predicted octanol–water partition coefficient (Wildman–Crippen LogP) is -1.55. The van der Waals surface area contributed by atoms with Gasteiger partial charge in [-0.1, -0.05) is 5.21 Å². The quantitative estimate of drug-likeness (QED) is 0.576. The van der Waals surface area contributed by atoms with Crippen molar-refractivity contribution in [3.63, 3.8) is 0 Å². The topological polar surface area (TPSA) is 127 Å². The fourth-order valence-electron chi connectivity index (χ4n) is 1.23. The summed E-state index contributed by atoms with van der Waals surface area (Å²) in [6, 6.07) is 0. The molecule has 0 radical (unpaired) electrons. The first kappa shape index (κ1) is 10.1. The fraction of sp³-hybridized carbons (Fsp3) is 0.286. The number of H-pyrrole nitrogens is 1. The monoisotopic (exact) mass is 222 g/mol. The van der Waals surface area contributed by atoms with Crippen molar-refractivity contribution in [1.82, 2.24) is 35.7 Å². The number of hydrogen-bond acceptors (Lipinski definition) is 6. The van der Waals surface area contributed by atoms with Crippen molar-refractivity contribution >= 4 is 11.6 Å². The van der Waals surface area contributed by atoms with Crippen LogP contribution in [0.2, 0.25) is 0 Å². The van der Waals surface area contributed by atoms with Gasteiger partial charge in [0.05, 0.1) is 18.4 Å². The van der Waals surface area contributed by atoms with E-state index in [0.717, 1.165) is 0 Å². The molecule has 2 heterocycles. The number of rotatable bonds is 3. The number of anilines is 1. The molecule has 0 fully saturated rings. The van der Waals surface area contributed by atoms with Crippen LogP contribution < -0.4 is 11.1 Å². The number of aromatic amines is 1. The molecule has 2 rings (SSSR count). The molecular formula is C7H10N8O. The maximum Gasteiger partial charge on any atom is 0.272 e. The molecule has 2 aromatic rings. The first-order chi connectivity index (χ1) is 7.68. The van der Waals surface area contributed by atoms with Crippen molar-refractivity contribution in [2.24, 2.45) is 7.05 Å². The number of nitrogens with one attached hydrogen (secondary N) is 2. The summed E-state index contributed by atoms with van der Waals surface area (Å²) in [5, 5.41) is 19.5. The third kappa shape index (κ3) is 1.82. The van der Waals surface area contributed by atoms with E-state index in [-0.39, 0.29) is 12.5 Å². The number of tetrazole rings is 1. The van der Waals surface area contributed by atoms with E-state index in [1.54, 1.807) is 7.05 Å². The molecule has 0 aliphatic carbocycles. The Labute approximate surface area is 90.0 Å². The highest BCUT2D eigenvalue weighted by molar-refractivity contribution is 5.97. The highest BCUT2D eigenvalue weighted by Crippen LogP contribution is 2.08. The van der Waals surface area contributed by atoms with Gasteiger partial charge in [-0.15, -0.1) is 10.2 Å². The Bertz CT molecular complexity index is 467. The van der Waals surface area contributed by atoms with Gasteiger partial charge in [0.1, 0.15) is 5.69 Å². The Morgan fingerprint density at radius 3 is 3.06 bits per heavy atom. The Balaban J connectivity index is 2.04. The molecule has 4 N–H and O–H groups in total. The number of hydrogen-bond donors (Lipinski definition) is 3. The number of nitrogens with two attached hydrogens (primary N) is 1. The summed E-state index contributed by atoms with van der Waals surface area (Å²) >= 11 is 0. The van der Waals surface area contributed by atoms with Crippen LogP contribution >= 0.6 is 0 Å². The lowest BCUT2D eigenvalue weighted by Crippen LogP contribution is -2.26. The van der Waals surface area contributed by atoms with Gasteiger partial charge in [0.15, 0.2) is 5.82 Å². The van der Waals surface area contributed by atoms with Crippen LogP contribution in [0.1, 0.15) is 16.3 Å². The van der Waals surface area contributed by atoms with Gasteiger partial charge in [-0.2, -0.15) is 10.3 Å². The van der Waals surface area contributed by atoms with E-state index < -0.39 is 0 Å². The van der Waals surface area contributed by atoms with Gasteiger partial charge >= 0.3 is 0 Å². The minimum Gasteiger partial charge on any atom is -0.396 e. The highest BCUT2D eigenvalue weighted by atomic mass is 16.2. The standard InChI is InChI=1S/C7H10N8O/c1-15-6(4(8)2-10-15)7(16)9-3-5-11-13-14-12-5/h2H,3,8H2,1H3,(H,9,16)(H,11,12,13,14). The van der Waals surface area contributed by atoms with Crippen molar-refractivity contribution in [1.29, 1.82) is 0 Å². The van der Waals surface area contributed by atoms with Crippen LogP contribution in [0.3, 0.4) is 0 Å². The van der Waals surface area contributed by atoms with Gasteiger partial charge in [0, 0.05) is 7.05 Å². The molecule has 0 bridgehead atoms. The largest absolute Gasteiger partial charge is 0.396 e. The summed E-state index contributed by atoms with van der Waals surface area (Å²) in [5.41, 5.74) is 6.23. The molecule has 9 nitrogen and oxygen atoms in total. The van der Waals surface area contributed by atoms with E-state index in [1.165, 1.54) is 10.9 Å². The molecule has 0 saturated heterocycles. The van der Waals surface area contributed by atoms with Crippen LogP contribution in [0.15, 0.2) is 6.20 Å². The Morgan fingerprint density at radius 2 is 2.50 bits per heavy atom. The van der Waals surface area contributed by atoms with Gasteiger partial charge in [0.25, 0.3) is 5.91 Å². The smallest absolute Gasteiger partial charge is 0.272 e. The van der Waals surface area contributed by atoms with Crippen LogP contribution in [-0.2, 0) is 13.6 Å². The fourth-order valence-corrected chi connectivity index (χ4v) is 1.23. The minimum absolute atomic E-state index is 0.181. The zero-order chi connectivity index (χ0) is 11.5. The normalized spacial score (nSPS) is 10.3. The summed E-state index contributed by atoms with van der Waals surface area (Å²) in [6.45, 7) is 0.181. The van der Waals surface area contributed by atoms with Crippen molar-refractivity contribution < 1.29 is 4.79 Å². The number of carbonyl (C=O) groups excluding carboxylic acids is 1. The van der Waals surface area contributed by atoms with Gasteiger partial charge in [0.2, 0.25) is 0 Å². The molecule has 0 spiro atoms. The summed E-state index contributed by atoms with van der Waals surface area (Å²) in [7, 11) is 1.64. The van der Waals surface area contributed by atoms with Crippen LogP contribution in [0.25, 0.3) is 0 Å². The van der Waals surface area contributed by atoms with Crippen molar-refractivity contribution in [2.45, 2.75) is 6.54 Å². The number of aryl methyl sites for hydroxylation is 1. The van der Waals surface area contributed by atoms with E-state index in [1.807, 2.05) is 0 Å². The molecule has 0 aliphatic heterocycles. The number of aromatic nitrogens is 6.